The van der Waals surface area contributed by atoms with Crippen LogP contribution in [0, 0.1) is 0 Å². The first kappa shape index (κ1) is 13.1. The van der Waals surface area contributed by atoms with E-state index in [-0.39, 0.29) is 4.87 Å². The SMILES string of the molecule is C[Si](C)(C)C1CC2=C(c3ccccc3CC2)S1(=O)=O. The Morgan fingerprint density at radius 3 is 2.47 bits per heavy atom. The molecule has 1 unspecified atom stereocenters. The summed E-state index contributed by atoms with van der Waals surface area (Å²) in [6, 6.07) is 8.00. The molecular formula is C15H20O2SSi. The van der Waals surface area contributed by atoms with Crippen molar-refractivity contribution < 1.29 is 8.42 Å². The van der Waals surface area contributed by atoms with Crippen molar-refractivity contribution in [2.75, 3.05) is 0 Å². The molecule has 102 valence electrons. The van der Waals surface area contributed by atoms with Gasteiger partial charge < -0.3 is 0 Å². The Kier molecular flexibility index (Phi) is 2.80. The van der Waals surface area contributed by atoms with Crippen LogP contribution in [0.1, 0.15) is 24.0 Å². The summed E-state index contributed by atoms with van der Waals surface area (Å²) in [7, 11) is -4.82. The molecule has 0 spiro atoms. The van der Waals surface area contributed by atoms with Gasteiger partial charge in [-0.05, 0) is 36.0 Å². The number of aryl methyl sites for hydroxylation is 1. The van der Waals surface area contributed by atoms with Crippen LogP contribution in [-0.2, 0) is 16.3 Å². The molecule has 0 fully saturated rings. The molecule has 0 aromatic heterocycles. The first-order valence-corrected chi connectivity index (χ1v) is 12.0. The van der Waals surface area contributed by atoms with Gasteiger partial charge in [-0.3, -0.25) is 0 Å². The summed E-state index contributed by atoms with van der Waals surface area (Å²) in [6.07, 6.45) is 2.69. The summed E-state index contributed by atoms with van der Waals surface area (Å²) in [5.74, 6) is 0. The number of fused-ring (bicyclic) bond motifs is 2. The number of rotatable bonds is 1. The van der Waals surface area contributed by atoms with Gasteiger partial charge in [0.15, 0.2) is 9.84 Å². The maximum Gasteiger partial charge on any atom is 0.179 e. The third kappa shape index (κ3) is 1.92. The van der Waals surface area contributed by atoms with Gasteiger partial charge in [-0.2, -0.15) is 0 Å². The van der Waals surface area contributed by atoms with Crippen molar-refractivity contribution in [1.82, 2.24) is 0 Å². The van der Waals surface area contributed by atoms with Crippen molar-refractivity contribution in [3.63, 3.8) is 0 Å². The summed E-state index contributed by atoms with van der Waals surface area (Å²) < 4.78 is 25.8. The number of benzene rings is 1. The highest BCUT2D eigenvalue weighted by Crippen LogP contribution is 2.47. The van der Waals surface area contributed by atoms with Crippen LogP contribution in [0.2, 0.25) is 19.6 Å². The van der Waals surface area contributed by atoms with Gasteiger partial charge in [-0.15, -0.1) is 0 Å². The molecule has 0 radical (unpaired) electrons. The number of sulfone groups is 1. The standard InChI is InChI=1S/C15H20O2SSi/c1-19(2,3)14-10-12-9-8-11-6-4-5-7-13(11)15(12)18(14,16)17/h4-7,14H,8-10H2,1-3H3. The van der Waals surface area contributed by atoms with Gasteiger partial charge in [0.1, 0.15) is 0 Å². The molecule has 19 heavy (non-hydrogen) atoms. The van der Waals surface area contributed by atoms with Crippen molar-refractivity contribution in [2.45, 2.75) is 43.8 Å². The summed E-state index contributed by atoms with van der Waals surface area (Å²) in [4.78, 5) is 0.554. The first-order valence-electron chi connectivity index (χ1n) is 6.86. The molecule has 0 N–H and O–H groups in total. The topological polar surface area (TPSA) is 34.1 Å². The molecule has 2 aliphatic rings. The minimum Gasteiger partial charge on any atom is -0.224 e. The van der Waals surface area contributed by atoms with Crippen LogP contribution < -0.4 is 0 Å². The van der Waals surface area contributed by atoms with Gasteiger partial charge >= 0.3 is 0 Å². The Bertz CT molecular complexity index is 666. The summed E-state index contributed by atoms with van der Waals surface area (Å²) in [5, 5.41) is 0. The lowest BCUT2D eigenvalue weighted by Crippen LogP contribution is -2.41. The van der Waals surface area contributed by atoms with Crippen LogP contribution in [0.15, 0.2) is 29.8 Å². The fraction of sp³-hybridized carbons (Fsp3) is 0.467. The highest BCUT2D eigenvalue weighted by molar-refractivity contribution is 8.03. The van der Waals surface area contributed by atoms with Crippen LogP contribution in [0.3, 0.4) is 0 Å². The average Bonchev–Trinajstić information content (AvgIpc) is 2.61. The predicted octanol–water partition coefficient (Wildman–Crippen LogP) is 3.41. The van der Waals surface area contributed by atoms with Crippen molar-refractivity contribution in [1.29, 1.82) is 0 Å². The lowest BCUT2D eigenvalue weighted by molar-refractivity contribution is 0.603. The Balaban J connectivity index is 2.18. The zero-order valence-corrected chi connectivity index (χ0v) is 13.5. The van der Waals surface area contributed by atoms with Gasteiger partial charge in [0.25, 0.3) is 0 Å². The predicted molar refractivity (Wildman–Crippen MR) is 82.4 cm³/mol. The van der Waals surface area contributed by atoms with E-state index >= 15 is 0 Å². The Morgan fingerprint density at radius 2 is 1.79 bits per heavy atom. The van der Waals surface area contributed by atoms with Gasteiger partial charge in [0, 0.05) is 0 Å². The molecule has 0 saturated carbocycles. The highest BCUT2D eigenvalue weighted by atomic mass is 32.2. The van der Waals surface area contributed by atoms with Gasteiger partial charge in [0.05, 0.1) is 17.9 Å². The van der Waals surface area contributed by atoms with Crippen molar-refractivity contribution in [3.8, 4) is 0 Å². The van der Waals surface area contributed by atoms with Crippen molar-refractivity contribution >= 4 is 22.8 Å². The van der Waals surface area contributed by atoms with E-state index < -0.39 is 17.9 Å². The third-order valence-corrected chi connectivity index (χ3v) is 11.5. The molecule has 0 amide bonds. The molecular weight excluding hydrogens is 272 g/mol. The second-order valence-electron chi connectivity index (χ2n) is 6.69. The smallest absolute Gasteiger partial charge is 0.179 e. The quantitative estimate of drug-likeness (QED) is 0.743. The Hall–Kier alpha value is -0.873. The maximum absolute atomic E-state index is 12.9. The zero-order chi connectivity index (χ0) is 13.8. The van der Waals surface area contributed by atoms with E-state index in [1.165, 1.54) is 11.1 Å². The molecule has 1 heterocycles. The molecule has 1 aliphatic carbocycles. The molecule has 1 aromatic rings. The fourth-order valence-corrected chi connectivity index (χ4v) is 10.1. The molecule has 4 heteroatoms. The molecule has 0 bridgehead atoms. The molecule has 0 saturated heterocycles. The molecule has 1 aromatic carbocycles. The molecule has 1 atom stereocenters. The van der Waals surface area contributed by atoms with Crippen molar-refractivity contribution in [2.24, 2.45) is 0 Å². The Labute approximate surface area is 116 Å². The summed E-state index contributed by atoms with van der Waals surface area (Å²) in [5.41, 5.74) is 3.36. The number of hydrogen-bond acceptors (Lipinski definition) is 2. The Morgan fingerprint density at radius 1 is 1.11 bits per heavy atom. The van der Waals surface area contributed by atoms with Crippen LogP contribution in [0.25, 0.3) is 4.91 Å². The average molecular weight is 292 g/mol. The number of hydrogen-bond donors (Lipinski definition) is 0. The monoisotopic (exact) mass is 292 g/mol. The second kappa shape index (κ2) is 4.06. The van der Waals surface area contributed by atoms with E-state index in [9.17, 15) is 8.42 Å². The van der Waals surface area contributed by atoms with Crippen LogP contribution in [-0.4, -0.2) is 21.4 Å². The molecule has 1 aliphatic heterocycles. The van der Waals surface area contributed by atoms with Gasteiger partial charge in [-0.25, -0.2) is 8.42 Å². The van der Waals surface area contributed by atoms with E-state index in [1.807, 2.05) is 18.2 Å². The van der Waals surface area contributed by atoms with Gasteiger partial charge in [0.2, 0.25) is 0 Å². The summed E-state index contributed by atoms with van der Waals surface area (Å²) in [6.45, 7) is 6.50. The van der Waals surface area contributed by atoms with E-state index in [4.69, 9.17) is 0 Å². The normalized spacial score (nSPS) is 25.1. The summed E-state index contributed by atoms with van der Waals surface area (Å²) >= 11 is 0. The fourth-order valence-electron chi connectivity index (χ4n) is 3.35. The molecule has 3 rings (SSSR count). The minimum absolute atomic E-state index is 0.129. The van der Waals surface area contributed by atoms with Gasteiger partial charge in [-0.1, -0.05) is 43.9 Å². The second-order valence-corrected chi connectivity index (χ2v) is 14.6. The van der Waals surface area contributed by atoms with Crippen molar-refractivity contribution in [3.05, 3.63) is 41.0 Å². The lowest BCUT2D eigenvalue weighted by atomic mass is 9.91. The third-order valence-electron chi connectivity index (χ3n) is 4.34. The van der Waals surface area contributed by atoms with Crippen LogP contribution in [0.5, 0.6) is 0 Å². The number of allylic oxidation sites excluding steroid dienone is 1. The van der Waals surface area contributed by atoms with E-state index in [0.717, 1.165) is 24.8 Å². The molecule has 2 nitrogen and oxygen atoms in total. The highest BCUT2D eigenvalue weighted by Gasteiger charge is 2.47. The van der Waals surface area contributed by atoms with E-state index in [2.05, 4.69) is 25.7 Å². The van der Waals surface area contributed by atoms with E-state index in [0.29, 0.717) is 4.91 Å². The van der Waals surface area contributed by atoms with Crippen LogP contribution >= 0.6 is 0 Å². The zero-order valence-electron chi connectivity index (χ0n) is 11.7. The first-order chi connectivity index (χ1) is 8.82. The van der Waals surface area contributed by atoms with Crippen LogP contribution in [0.4, 0.5) is 0 Å². The maximum atomic E-state index is 12.9. The largest absolute Gasteiger partial charge is 0.224 e. The minimum atomic E-state index is -3.12. The lowest BCUT2D eigenvalue weighted by Gasteiger charge is -2.24. The van der Waals surface area contributed by atoms with E-state index in [1.54, 1.807) is 0 Å².